The molecule has 3 rings (SSSR count). The van der Waals surface area contributed by atoms with Crippen LogP contribution in [0.4, 0.5) is 0 Å². The van der Waals surface area contributed by atoms with Gasteiger partial charge in [0.2, 0.25) is 0 Å². The predicted molar refractivity (Wildman–Crippen MR) is 117 cm³/mol. The van der Waals surface area contributed by atoms with Crippen molar-refractivity contribution in [3.05, 3.63) is 76.0 Å². The standard InChI is InChI=1S/C22H22N4O7/c1-13-11-23-22(30)26(13)16-7-4-14(5-8-16)21(29)33-12-19(27)24-25-20(28)15-6-9-17(31-2)18(10-15)32-3/h4-11H,12H2,1-3H3,(H,23,30)(H,24,27)(H,25,28). The van der Waals surface area contributed by atoms with Crippen LogP contribution in [0.2, 0.25) is 0 Å². The molecule has 3 N–H and O–H groups in total. The summed E-state index contributed by atoms with van der Waals surface area (Å²) in [7, 11) is 2.90. The molecule has 1 heterocycles. The van der Waals surface area contributed by atoms with Crippen LogP contribution >= 0.6 is 0 Å². The Balaban J connectivity index is 1.51. The van der Waals surface area contributed by atoms with Gasteiger partial charge < -0.3 is 19.2 Å². The van der Waals surface area contributed by atoms with Crippen LogP contribution in [0.1, 0.15) is 26.4 Å². The van der Waals surface area contributed by atoms with Crippen LogP contribution in [0.3, 0.4) is 0 Å². The first kappa shape index (κ1) is 23.1. The van der Waals surface area contributed by atoms with Crippen LogP contribution in [0.25, 0.3) is 5.69 Å². The quantitative estimate of drug-likeness (QED) is 0.359. The number of nitrogens with zero attached hydrogens (tertiary/aromatic N) is 1. The zero-order valence-corrected chi connectivity index (χ0v) is 18.1. The molecule has 3 aromatic rings. The summed E-state index contributed by atoms with van der Waals surface area (Å²) in [6.45, 7) is 1.16. The van der Waals surface area contributed by atoms with E-state index in [1.165, 1.54) is 43.1 Å². The molecule has 0 spiro atoms. The van der Waals surface area contributed by atoms with Crippen molar-refractivity contribution < 1.29 is 28.6 Å². The molecule has 172 valence electrons. The Morgan fingerprint density at radius 2 is 1.61 bits per heavy atom. The number of esters is 1. The van der Waals surface area contributed by atoms with E-state index >= 15 is 0 Å². The number of aromatic amines is 1. The highest BCUT2D eigenvalue weighted by molar-refractivity contribution is 5.96. The minimum atomic E-state index is -0.735. The van der Waals surface area contributed by atoms with Crippen molar-refractivity contribution >= 4 is 17.8 Å². The first-order valence-corrected chi connectivity index (χ1v) is 9.70. The molecule has 2 aromatic carbocycles. The minimum absolute atomic E-state index is 0.196. The first-order valence-electron chi connectivity index (χ1n) is 9.70. The van der Waals surface area contributed by atoms with E-state index in [1.807, 2.05) is 0 Å². The van der Waals surface area contributed by atoms with E-state index in [2.05, 4.69) is 15.8 Å². The second-order valence-electron chi connectivity index (χ2n) is 6.77. The molecular weight excluding hydrogens is 432 g/mol. The number of amides is 2. The molecule has 0 fully saturated rings. The Morgan fingerprint density at radius 1 is 0.939 bits per heavy atom. The number of rotatable bonds is 7. The van der Waals surface area contributed by atoms with Crippen LogP contribution in [0.15, 0.2) is 53.5 Å². The van der Waals surface area contributed by atoms with Crippen LogP contribution in [-0.2, 0) is 9.53 Å². The van der Waals surface area contributed by atoms with E-state index in [4.69, 9.17) is 14.2 Å². The Hall–Kier alpha value is -4.54. The normalized spacial score (nSPS) is 10.3. The molecule has 1 aromatic heterocycles. The van der Waals surface area contributed by atoms with Crippen molar-refractivity contribution in [1.29, 1.82) is 0 Å². The molecule has 0 bridgehead atoms. The van der Waals surface area contributed by atoms with Crippen molar-refractivity contribution in [2.24, 2.45) is 0 Å². The fourth-order valence-electron chi connectivity index (χ4n) is 2.95. The van der Waals surface area contributed by atoms with Gasteiger partial charge in [0, 0.05) is 17.5 Å². The third-order valence-corrected chi connectivity index (χ3v) is 4.62. The molecule has 0 saturated carbocycles. The summed E-state index contributed by atoms with van der Waals surface area (Å²) in [5, 5.41) is 0. The topological polar surface area (TPSA) is 141 Å². The maximum Gasteiger partial charge on any atom is 0.338 e. The lowest BCUT2D eigenvalue weighted by molar-refractivity contribution is -0.125. The van der Waals surface area contributed by atoms with Gasteiger partial charge in [0.05, 0.1) is 25.5 Å². The summed E-state index contributed by atoms with van der Waals surface area (Å²) in [6, 6.07) is 10.6. The number of methoxy groups -OCH3 is 2. The largest absolute Gasteiger partial charge is 0.493 e. The molecule has 0 atom stereocenters. The molecule has 0 aliphatic carbocycles. The highest BCUT2D eigenvalue weighted by Crippen LogP contribution is 2.27. The summed E-state index contributed by atoms with van der Waals surface area (Å²) in [4.78, 5) is 50.7. The summed E-state index contributed by atoms with van der Waals surface area (Å²) >= 11 is 0. The van der Waals surface area contributed by atoms with Crippen LogP contribution in [0.5, 0.6) is 11.5 Å². The number of ether oxygens (including phenoxy) is 3. The smallest absolute Gasteiger partial charge is 0.338 e. The first-order chi connectivity index (χ1) is 15.8. The van der Waals surface area contributed by atoms with Gasteiger partial charge in [-0.05, 0) is 49.4 Å². The van der Waals surface area contributed by atoms with Gasteiger partial charge in [0.15, 0.2) is 18.1 Å². The molecule has 0 aliphatic rings. The van der Waals surface area contributed by atoms with E-state index in [1.54, 1.807) is 31.3 Å². The fourth-order valence-corrected chi connectivity index (χ4v) is 2.95. The van der Waals surface area contributed by atoms with Gasteiger partial charge in [0.1, 0.15) is 0 Å². The number of carbonyl (C=O) groups is 3. The molecular formula is C22H22N4O7. The lowest BCUT2D eigenvalue weighted by atomic mass is 10.2. The van der Waals surface area contributed by atoms with Crippen molar-refractivity contribution in [1.82, 2.24) is 20.4 Å². The van der Waals surface area contributed by atoms with Crippen LogP contribution in [0, 0.1) is 6.92 Å². The highest BCUT2D eigenvalue weighted by Gasteiger charge is 2.14. The van der Waals surface area contributed by atoms with E-state index in [-0.39, 0.29) is 16.8 Å². The third-order valence-electron chi connectivity index (χ3n) is 4.62. The highest BCUT2D eigenvalue weighted by atomic mass is 16.5. The van der Waals surface area contributed by atoms with Crippen molar-refractivity contribution in [3.8, 4) is 17.2 Å². The van der Waals surface area contributed by atoms with Crippen LogP contribution < -0.4 is 26.0 Å². The van der Waals surface area contributed by atoms with Gasteiger partial charge in [-0.25, -0.2) is 9.59 Å². The van der Waals surface area contributed by atoms with Gasteiger partial charge in [0.25, 0.3) is 11.8 Å². The second kappa shape index (κ2) is 10.2. The summed E-state index contributed by atoms with van der Waals surface area (Å²) in [5.74, 6) is -1.26. The lowest BCUT2D eigenvalue weighted by Gasteiger charge is -2.11. The van der Waals surface area contributed by atoms with E-state index in [9.17, 15) is 19.2 Å². The zero-order valence-electron chi connectivity index (χ0n) is 18.1. The Morgan fingerprint density at radius 3 is 2.21 bits per heavy atom. The van der Waals surface area contributed by atoms with Crippen molar-refractivity contribution in [3.63, 3.8) is 0 Å². The molecule has 11 heteroatoms. The predicted octanol–water partition coefficient (Wildman–Crippen LogP) is 1.11. The Kier molecular flexibility index (Phi) is 7.13. The number of hydrogen-bond acceptors (Lipinski definition) is 7. The number of aromatic nitrogens is 2. The number of nitrogens with one attached hydrogen (secondary N) is 3. The Bertz CT molecular complexity index is 1230. The Labute approximate surface area is 188 Å². The van der Waals surface area contributed by atoms with E-state index < -0.39 is 24.4 Å². The van der Waals surface area contributed by atoms with Crippen molar-refractivity contribution in [2.75, 3.05) is 20.8 Å². The lowest BCUT2D eigenvalue weighted by Crippen LogP contribution is -2.43. The molecule has 2 amide bonds. The molecule has 0 unspecified atom stereocenters. The van der Waals surface area contributed by atoms with E-state index in [0.29, 0.717) is 22.9 Å². The molecule has 11 nitrogen and oxygen atoms in total. The number of aryl methyl sites for hydroxylation is 1. The summed E-state index contributed by atoms with van der Waals surface area (Å²) in [5.41, 5.74) is 5.80. The number of hydrogen-bond donors (Lipinski definition) is 3. The van der Waals surface area contributed by atoms with Gasteiger partial charge >= 0.3 is 11.7 Å². The fraction of sp³-hybridized carbons (Fsp3) is 0.182. The summed E-state index contributed by atoms with van der Waals surface area (Å²) in [6.07, 6.45) is 1.58. The maximum absolute atomic E-state index is 12.2. The summed E-state index contributed by atoms with van der Waals surface area (Å²) < 4.78 is 16.6. The average molecular weight is 454 g/mol. The number of H-pyrrole nitrogens is 1. The monoisotopic (exact) mass is 454 g/mol. The van der Waals surface area contributed by atoms with Crippen molar-refractivity contribution in [2.45, 2.75) is 6.92 Å². The van der Waals surface area contributed by atoms with Gasteiger partial charge in [-0.2, -0.15) is 0 Å². The second-order valence-corrected chi connectivity index (χ2v) is 6.77. The maximum atomic E-state index is 12.2. The minimum Gasteiger partial charge on any atom is -0.493 e. The van der Waals surface area contributed by atoms with E-state index in [0.717, 1.165) is 0 Å². The SMILES string of the molecule is COc1ccc(C(=O)NNC(=O)COC(=O)c2ccc(-n3c(C)c[nH]c3=O)cc2)cc1OC. The van der Waals surface area contributed by atoms with Gasteiger partial charge in [-0.1, -0.05) is 0 Å². The number of carbonyl (C=O) groups excluding carboxylic acids is 3. The number of benzene rings is 2. The van der Waals surface area contributed by atoms with Crippen LogP contribution in [-0.4, -0.2) is 48.2 Å². The number of hydrazine groups is 1. The molecule has 0 saturated heterocycles. The zero-order chi connectivity index (χ0) is 24.0. The molecule has 0 radical (unpaired) electrons. The van der Waals surface area contributed by atoms with Gasteiger partial charge in [-0.3, -0.25) is 25.0 Å². The number of imidazole rings is 1. The third kappa shape index (κ3) is 5.39. The van der Waals surface area contributed by atoms with Gasteiger partial charge in [-0.15, -0.1) is 0 Å². The molecule has 0 aliphatic heterocycles. The average Bonchev–Trinajstić information content (AvgIpc) is 3.18. The molecule has 33 heavy (non-hydrogen) atoms.